The number of halogens is 2. The van der Waals surface area contributed by atoms with E-state index in [9.17, 15) is 4.79 Å². The van der Waals surface area contributed by atoms with Crippen molar-refractivity contribution in [2.24, 2.45) is 5.41 Å². The predicted octanol–water partition coefficient (Wildman–Crippen LogP) is 7.53. The lowest BCUT2D eigenvalue weighted by Gasteiger charge is -2.50. The molecule has 51 heavy (non-hydrogen) atoms. The summed E-state index contributed by atoms with van der Waals surface area (Å²) in [4.78, 5) is 21.9. The van der Waals surface area contributed by atoms with Gasteiger partial charge in [-0.1, -0.05) is 65.7 Å². The first kappa shape index (κ1) is 33.2. The summed E-state index contributed by atoms with van der Waals surface area (Å²) in [7, 11) is 5.24. The smallest absolute Gasteiger partial charge is 0.220 e. The normalized spacial score (nSPS) is 22.4. The second-order valence-electron chi connectivity index (χ2n) is 15.0. The van der Waals surface area contributed by atoms with E-state index in [0.29, 0.717) is 34.5 Å². The Morgan fingerprint density at radius 1 is 0.804 bits per heavy atom. The van der Waals surface area contributed by atoms with Crippen LogP contribution in [-0.4, -0.2) is 80.8 Å². The maximum atomic E-state index is 11.9. The average Bonchev–Trinajstić information content (AvgIpc) is 3.84. The lowest BCUT2D eigenvalue weighted by Crippen LogP contribution is -2.58. The molecule has 0 bridgehead atoms. The molecule has 3 saturated heterocycles. The Hall–Kier alpha value is -3.66. The predicted molar refractivity (Wildman–Crippen MR) is 200 cm³/mol. The van der Waals surface area contributed by atoms with Crippen molar-refractivity contribution in [3.05, 3.63) is 86.9 Å². The second kappa shape index (κ2) is 12.8. The van der Waals surface area contributed by atoms with Gasteiger partial charge in [0, 0.05) is 97.1 Å². The average molecular weight is 726 g/mol. The van der Waals surface area contributed by atoms with Crippen molar-refractivity contribution < 1.29 is 19.0 Å². The van der Waals surface area contributed by atoms with E-state index >= 15 is 0 Å². The van der Waals surface area contributed by atoms with Crippen LogP contribution in [0.25, 0.3) is 33.5 Å². The Labute approximate surface area is 309 Å². The maximum absolute atomic E-state index is 11.9. The van der Waals surface area contributed by atoms with Crippen LogP contribution in [0, 0.1) is 5.41 Å². The van der Waals surface area contributed by atoms with Gasteiger partial charge in [0.05, 0.1) is 36.1 Å². The van der Waals surface area contributed by atoms with Gasteiger partial charge in [0.15, 0.2) is 0 Å². The van der Waals surface area contributed by atoms with E-state index in [1.807, 2.05) is 30.3 Å². The van der Waals surface area contributed by atoms with Crippen molar-refractivity contribution in [1.29, 1.82) is 0 Å². The summed E-state index contributed by atoms with van der Waals surface area (Å²) in [5, 5.41) is 4.26. The van der Waals surface area contributed by atoms with E-state index in [-0.39, 0.29) is 17.4 Å². The van der Waals surface area contributed by atoms with Gasteiger partial charge in [-0.25, -0.2) is 4.98 Å². The molecular weight excluding hydrogens is 683 g/mol. The minimum absolute atomic E-state index is 0.0747. The molecule has 3 fully saturated rings. The van der Waals surface area contributed by atoms with Crippen molar-refractivity contribution in [3.63, 3.8) is 0 Å². The largest absolute Gasteiger partial charge is 0.496 e. The lowest BCUT2D eigenvalue weighted by molar-refractivity contribution is -0.121. The van der Waals surface area contributed by atoms with Gasteiger partial charge in [0.25, 0.3) is 0 Å². The van der Waals surface area contributed by atoms with Crippen molar-refractivity contribution in [1.82, 2.24) is 20.1 Å². The first-order valence-electron chi connectivity index (χ1n) is 17.9. The number of aryl methyl sites for hydroxylation is 2. The molecule has 0 radical (unpaired) electrons. The molecule has 1 N–H and O–H groups in total. The number of nitrogens with zero attached hydrogens (tertiary/aromatic N) is 3. The maximum Gasteiger partial charge on any atom is 0.220 e. The quantitative estimate of drug-likeness (QED) is 0.201. The number of fused-ring (bicyclic) bond motifs is 2. The summed E-state index contributed by atoms with van der Waals surface area (Å²) in [6, 6.07) is 19.4. The molecule has 0 saturated carbocycles. The number of hydrogen-bond donors (Lipinski definition) is 1. The number of likely N-dealkylation sites (tertiary alicyclic amines) is 2. The molecule has 0 unspecified atom stereocenters. The number of rotatable bonds is 8. The van der Waals surface area contributed by atoms with Crippen molar-refractivity contribution in [2.45, 2.75) is 50.3 Å². The highest BCUT2D eigenvalue weighted by molar-refractivity contribution is 6.39. The number of hydrogen-bond acceptors (Lipinski definition) is 7. The molecule has 1 amide bonds. The molecule has 2 atom stereocenters. The lowest BCUT2D eigenvalue weighted by atomic mass is 9.77. The molecule has 1 spiro atoms. The van der Waals surface area contributed by atoms with Gasteiger partial charge in [0.2, 0.25) is 11.8 Å². The number of pyridine rings is 1. The summed E-state index contributed by atoms with van der Waals surface area (Å²) >= 11 is 14.6. The number of methoxy groups -OCH3 is 3. The van der Waals surface area contributed by atoms with E-state index in [0.717, 1.165) is 103 Å². The second-order valence-corrected chi connectivity index (χ2v) is 15.7. The highest BCUT2D eigenvalue weighted by atomic mass is 35.5. The van der Waals surface area contributed by atoms with Crippen LogP contribution in [0.5, 0.6) is 11.6 Å². The van der Waals surface area contributed by atoms with Gasteiger partial charge >= 0.3 is 0 Å². The fraction of sp³-hybridized carbons (Fsp3) is 0.415. The van der Waals surface area contributed by atoms with E-state index in [4.69, 9.17) is 42.4 Å². The van der Waals surface area contributed by atoms with Crippen LogP contribution in [0.15, 0.2) is 54.6 Å². The van der Waals surface area contributed by atoms with Gasteiger partial charge in [0.1, 0.15) is 5.75 Å². The number of carbonyl (C=O) groups is 1. The van der Waals surface area contributed by atoms with E-state index < -0.39 is 0 Å². The molecule has 10 heteroatoms. The third-order valence-electron chi connectivity index (χ3n) is 12.0. The molecule has 264 valence electrons. The zero-order valence-corrected chi connectivity index (χ0v) is 30.7. The molecule has 9 rings (SSSR count). The van der Waals surface area contributed by atoms with Gasteiger partial charge in [-0.2, -0.15) is 0 Å². The van der Waals surface area contributed by atoms with Crippen LogP contribution in [0.4, 0.5) is 0 Å². The van der Waals surface area contributed by atoms with Gasteiger partial charge < -0.3 is 19.5 Å². The molecule has 5 aliphatic rings. The Balaban J connectivity index is 1.02. The fourth-order valence-electron chi connectivity index (χ4n) is 9.42. The monoisotopic (exact) mass is 724 g/mol. The zero-order valence-electron chi connectivity index (χ0n) is 29.2. The van der Waals surface area contributed by atoms with Crippen molar-refractivity contribution in [3.8, 4) is 45.1 Å². The van der Waals surface area contributed by atoms with Crippen LogP contribution in [-0.2, 0) is 22.4 Å². The number of benzene rings is 3. The van der Waals surface area contributed by atoms with Gasteiger partial charge in [-0.3, -0.25) is 14.6 Å². The van der Waals surface area contributed by atoms with Gasteiger partial charge in [-0.05, 0) is 54.5 Å². The van der Waals surface area contributed by atoms with Crippen LogP contribution in [0.2, 0.25) is 10.0 Å². The summed E-state index contributed by atoms with van der Waals surface area (Å²) in [6.07, 6.45) is 4.95. The zero-order chi connectivity index (χ0) is 35.0. The molecule has 8 nitrogen and oxygen atoms in total. The van der Waals surface area contributed by atoms with Gasteiger partial charge in [-0.15, -0.1) is 0 Å². The number of aromatic nitrogens is 1. The molecular formula is C41H42Cl2N4O4. The molecule has 4 heterocycles. The molecule has 3 aromatic carbocycles. The van der Waals surface area contributed by atoms with E-state index in [2.05, 4.69) is 39.4 Å². The number of ether oxygens (including phenoxy) is 3. The first-order chi connectivity index (χ1) is 24.8. The summed E-state index contributed by atoms with van der Waals surface area (Å²) in [5.41, 5.74) is 10.4. The van der Waals surface area contributed by atoms with Crippen LogP contribution in [0.3, 0.4) is 0 Å². The first-order valence-corrected chi connectivity index (χ1v) is 18.7. The third kappa shape index (κ3) is 5.45. The Morgan fingerprint density at radius 2 is 1.45 bits per heavy atom. The number of carbonyl (C=O) groups excluding carboxylic acids is 1. The fourth-order valence-corrected chi connectivity index (χ4v) is 10.1. The number of nitrogens with one attached hydrogen (secondary N) is 1. The topological polar surface area (TPSA) is 76.2 Å². The molecule has 3 aliphatic heterocycles. The Morgan fingerprint density at radius 3 is 2.10 bits per heavy atom. The van der Waals surface area contributed by atoms with Crippen LogP contribution in [0.1, 0.15) is 53.6 Å². The molecule has 4 aromatic rings. The summed E-state index contributed by atoms with van der Waals surface area (Å²) in [6.45, 7) is 4.51. The highest BCUT2D eigenvalue weighted by Gasteiger charge is 2.51. The highest BCUT2D eigenvalue weighted by Crippen LogP contribution is 2.51. The van der Waals surface area contributed by atoms with Crippen molar-refractivity contribution >= 4 is 29.1 Å². The standard InChI is InChI=1S/C41H42Cl2N4O4/c1-49-26-18-46(19-26)32-12-10-23-14-25(16-34(50-2)36(23)32)27-6-4-7-28(38(27)42)29-8-5-9-30(39(29)43)31-15-24-11-13-33(37(24)40(45-31)51-3)47-21-41(22-47)17-35(48)44-20-41/h4-9,14-16,26,32-33H,10-13,17-22H2,1-3H3,(H,44,48)/t32-,33-/m1/s1. The van der Waals surface area contributed by atoms with Crippen molar-refractivity contribution in [2.75, 3.05) is 54.1 Å². The summed E-state index contributed by atoms with van der Waals surface area (Å²) in [5.74, 6) is 1.72. The van der Waals surface area contributed by atoms with Crippen LogP contribution < -0.4 is 14.8 Å². The SMILES string of the molecule is COc1cc(-c2cccc(-c3cccc(-c4cc5c(c(OC)n4)[C@H](N4CC6(CNC(=O)C6)C4)CC5)c3Cl)c2Cl)cc2c1[C@H](N1CC(OC)C1)CC2. The Kier molecular flexibility index (Phi) is 8.32. The molecule has 1 aromatic heterocycles. The third-order valence-corrected chi connectivity index (χ3v) is 12.8. The minimum Gasteiger partial charge on any atom is -0.496 e. The Bertz CT molecular complexity index is 2060. The number of amides is 1. The minimum atomic E-state index is 0.0747. The van der Waals surface area contributed by atoms with Crippen LogP contribution >= 0.6 is 23.2 Å². The summed E-state index contributed by atoms with van der Waals surface area (Å²) < 4.78 is 17.5. The molecule has 2 aliphatic carbocycles. The van der Waals surface area contributed by atoms with E-state index in [1.165, 1.54) is 16.7 Å². The van der Waals surface area contributed by atoms with E-state index in [1.54, 1.807) is 21.3 Å².